The van der Waals surface area contributed by atoms with Crippen LogP contribution in [0, 0.1) is 5.92 Å². The predicted molar refractivity (Wildman–Crippen MR) is 87.2 cm³/mol. The molecule has 0 fully saturated rings. The second-order valence-corrected chi connectivity index (χ2v) is 7.42. The monoisotopic (exact) mass is 336 g/mol. The Morgan fingerprint density at radius 1 is 1.16 bits per heavy atom. The highest BCUT2D eigenvalue weighted by Gasteiger charge is 2.56. The normalized spacial score (nSPS) is 29.5. The molecule has 2 aromatic rings. The van der Waals surface area contributed by atoms with Crippen LogP contribution in [0.15, 0.2) is 22.8 Å². The predicted octanol–water partition coefficient (Wildman–Crippen LogP) is 2.45. The number of benzene rings is 1. The summed E-state index contributed by atoms with van der Waals surface area (Å²) in [5.74, 6) is -0.942. The first-order valence-electron chi connectivity index (χ1n) is 8.45. The van der Waals surface area contributed by atoms with Crippen LogP contribution in [0.3, 0.4) is 0 Å². The van der Waals surface area contributed by atoms with Crippen LogP contribution in [0.25, 0.3) is 0 Å². The van der Waals surface area contributed by atoms with E-state index < -0.39 is 17.4 Å². The Labute approximate surface area is 143 Å². The van der Waals surface area contributed by atoms with Gasteiger partial charge >= 0.3 is 0 Å². The number of hydrogen-bond donors (Lipinski definition) is 1. The SMILES string of the molecule is C[C@@H]1C(=O)c2coc3c2[C@@](C)(c2ccc4c(c2C3=O)CCC4=O)[C@@H]1O. The highest BCUT2D eigenvalue weighted by molar-refractivity contribution is 6.17. The molecule has 1 heterocycles. The van der Waals surface area contributed by atoms with Gasteiger partial charge in [0.15, 0.2) is 17.3 Å². The van der Waals surface area contributed by atoms with Crippen LogP contribution < -0.4 is 0 Å². The van der Waals surface area contributed by atoms with Crippen LogP contribution in [0.2, 0.25) is 0 Å². The zero-order chi connectivity index (χ0) is 17.7. The van der Waals surface area contributed by atoms with Crippen LogP contribution in [-0.2, 0) is 11.8 Å². The molecule has 3 atom stereocenters. The van der Waals surface area contributed by atoms with Gasteiger partial charge in [-0.1, -0.05) is 19.1 Å². The van der Waals surface area contributed by atoms with Crippen LogP contribution in [0.5, 0.6) is 0 Å². The smallest absolute Gasteiger partial charge is 0.229 e. The van der Waals surface area contributed by atoms with Crippen molar-refractivity contribution < 1.29 is 23.9 Å². The first-order valence-corrected chi connectivity index (χ1v) is 8.45. The molecule has 126 valence electrons. The number of carbonyl (C=O) groups is 3. The number of Topliss-reactive ketones (excluding diaryl/α,β-unsaturated/α-hetero) is 2. The van der Waals surface area contributed by atoms with Crippen molar-refractivity contribution in [1.29, 1.82) is 0 Å². The van der Waals surface area contributed by atoms with E-state index in [1.807, 2.05) is 6.92 Å². The van der Waals surface area contributed by atoms with Gasteiger partial charge in [0, 0.05) is 34.4 Å². The molecule has 1 N–H and O–H groups in total. The van der Waals surface area contributed by atoms with E-state index in [0.717, 1.165) is 5.56 Å². The quantitative estimate of drug-likeness (QED) is 0.799. The van der Waals surface area contributed by atoms with Crippen molar-refractivity contribution in [3.05, 3.63) is 57.5 Å². The lowest BCUT2D eigenvalue weighted by Gasteiger charge is -2.44. The summed E-state index contributed by atoms with van der Waals surface area (Å²) in [5, 5.41) is 11.0. The average Bonchev–Trinajstić information content (AvgIpc) is 3.21. The molecule has 0 saturated carbocycles. The first kappa shape index (κ1) is 14.8. The summed E-state index contributed by atoms with van der Waals surface area (Å²) in [7, 11) is 0. The van der Waals surface area contributed by atoms with Crippen molar-refractivity contribution in [2.75, 3.05) is 0 Å². The molecular formula is C20H16O5. The fourth-order valence-corrected chi connectivity index (χ4v) is 4.90. The number of ketones is 3. The van der Waals surface area contributed by atoms with E-state index >= 15 is 0 Å². The van der Waals surface area contributed by atoms with Gasteiger partial charge in [0.25, 0.3) is 0 Å². The van der Waals surface area contributed by atoms with E-state index in [1.54, 1.807) is 19.1 Å². The molecule has 5 nitrogen and oxygen atoms in total. The van der Waals surface area contributed by atoms with E-state index in [4.69, 9.17) is 4.42 Å². The molecule has 3 aliphatic carbocycles. The maximum absolute atomic E-state index is 13.1. The molecule has 0 spiro atoms. The van der Waals surface area contributed by atoms with Gasteiger partial charge in [0.1, 0.15) is 6.26 Å². The van der Waals surface area contributed by atoms with E-state index in [9.17, 15) is 19.5 Å². The summed E-state index contributed by atoms with van der Waals surface area (Å²) < 4.78 is 5.51. The number of furan rings is 1. The molecule has 0 amide bonds. The summed E-state index contributed by atoms with van der Waals surface area (Å²) >= 11 is 0. The zero-order valence-corrected chi connectivity index (χ0v) is 13.9. The minimum atomic E-state index is -0.967. The third-order valence-corrected chi connectivity index (χ3v) is 6.26. The number of aliphatic hydroxyl groups excluding tert-OH is 1. The van der Waals surface area contributed by atoms with Crippen LogP contribution >= 0.6 is 0 Å². The summed E-state index contributed by atoms with van der Waals surface area (Å²) in [4.78, 5) is 37.7. The summed E-state index contributed by atoms with van der Waals surface area (Å²) in [6, 6.07) is 3.52. The summed E-state index contributed by atoms with van der Waals surface area (Å²) in [5.41, 5.74) is 2.45. The maximum atomic E-state index is 13.1. The van der Waals surface area contributed by atoms with Crippen molar-refractivity contribution in [3.8, 4) is 0 Å². The van der Waals surface area contributed by atoms with Gasteiger partial charge in [-0.25, -0.2) is 0 Å². The van der Waals surface area contributed by atoms with Crippen LogP contribution in [0.4, 0.5) is 0 Å². The van der Waals surface area contributed by atoms with Crippen molar-refractivity contribution >= 4 is 17.3 Å². The Balaban J connectivity index is 1.91. The lowest BCUT2D eigenvalue weighted by molar-refractivity contribution is 0.0408. The Bertz CT molecular complexity index is 1010. The number of fused-ring (bicyclic) bond motifs is 4. The minimum Gasteiger partial charge on any atom is -0.460 e. The Kier molecular flexibility index (Phi) is 2.57. The van der Waals surface area contributed by atoms with Crippen LogP contribution in [0.1, 0.15) is 73.8 Å². The number of carbonyl (C=O) groups excluding carboxylic acids is 3. The Morgan fingerprint density at radius 2 is 1.92 bits per heavy atom. The molecule has 3 aliphatic rings. The number of aliphatic hydroxyl groups is 1. The maximum Gasteiger partial charge on any atom is 0.229 e. The second kappa shape index (κ2) is 4.35. The topological polar surface area (TPSA) is 84.6 Å². The van der Waals surface area contributed by atoms with Gasteiger partial charge in [-0.15, -0.1) is 0 Å². The molecule has 0 unspecified atom stereocenters. The van der Waals surface area contributed by atoms with E-state index in [2.05, 4.69) is 0 Å². The zero-order valence-electron chi connectivity index (χ0n) is 13.9. The summed E-state index contributed by atoms with van der Waals surface area (Å²) in [6.07, 6.45) is 1.28. The molecule has 0 bridgehead atoms. The molecule has 1 aromatic carbocycles. The highest BCUT2D eigenvalue weighted by atomic mass is 16.3. The molecular weight excluding hydrogens is 320 g/mol. The van der Waals surface area contributed by atoms with Crippen molar-refractivity contribution in [2.45, 2.75) is 38.2 Å². The van der Waals surface area contributed by atoms with Gasteiger partial charge in [-0.05, 0) is 24.5 Å². The number of rotatable bonds is 0. The van der Waals surface area contributed by atoms with E-state index in [1.165, 1.54) is 6.26 Å². The highest BCUT2D eigenvalue weighted by Crippen LogP contribution is 2.52. The molecule has 5 heteroatoms. The molecule has 25 heavy (non-hydrogen) atoms. The van der Waals surface area contributed by atoms with Crippen molar-refractivity contribution in [1.82, 2.24) is 0 Å². The number of hydrogen-bond acceptors (Lipinski definition) is 5. The molecule has 1 aromatic heterocycles. The van der Waals surface area contributed by atoms with E-state index in [0.29, 0.717) is 40.7 Å². The Morgan fingerprint density at radius 3 is 2.68 bits per heavy atom. The lowest BCUT2D eigenvalue weighted by Crippen LogP contribution is -2.51. The van der Waals surface area contributed by atoms with Crippen molar-refractivity contribution in [3.63, 3.8) is 0 Å². The van der Waals surface area contributed by atoms with Gasteiger partial charge in [0.2, 0.25) is 5.78 Å². The van der Waals surface area contributed by atoms with E-state index in [-0.39, 0.29) is 23.1 Å². The molecule has 0 aliphatic heterocycles. The molecule has 0 saturated heterocycles. The first-order chi connectivity index (χ1) is 11.9. The summed E-state index contributed by atoms with van der Waals surface area (Å²) in [6.45, 7) is 3.55. The molecule has 0 radical (unpaired) electrons. The fourth-order valence-electron chi connectivity index (χ4n) is 4.90. The largest absolute Gasteiger partial charge is 0.460 e. The average molecular weight is 336 g/mol. The third kappa shape index (κ3) is 1.47. The molecule has 5 rings (SSSR count). The van der Waals surface area contributed by atoms with Gasteiger partial charge in [-0.3, -0.25) is 14.4 Å². The van der Waals surface area contributed by atoms with Gasteiger partial charge in [-0.2, -0.15) is 0 Å². The Hall–Kier alpha value is -2.53. The van der Waals surface area contributed by atoms with Crippen molar-refractivity contribution in [2.24, 2.45) is 5.92 Å². The lowest BCUT2D eigenvalue weighted by atomic mass is 9.58. The van der Waals surface area contributed by atoms with Gasteiger partial charge in [0.05, 0.1) is 11.7 Å². The van der Waals surface area contributed by atoms with Crippen LogP contribution in [-0.4, -0.2) is 28.6 Å². The fraction of sp³-hybridized carbons (Fsp3) is 0.350. The third-order valence-electron chi connectivity index (χ3n) is 6.26. The second-order valence-electron chi connectivity index (χ2n) is 7.42. The standard InChI is InChI=1S/C20H16O5/c1-8-16(22)11-7-25-18-15(11)20(2,19(8)24)12-5-3-9-10(4-6-13(9)21)14(12)17(18)23/h3,5,7-8,19,24H,4,6H2,1-2H3/t8-,19-,20-/m1/s1. The van der Waals surface area contributed by atoms with Gasteiger partial charge < -0.3 is 9.52 Å². The minimum absolute atomic E-state index is 0.0365.